The number of sulfonamides is 1. The lowest BCUT2D eigenvalue weighted by molar-refractivity contribution is 0.607. The van der Waals surface area contributed by atoms with Crippen LogP contribution < -0.4 is 10.0 Å². The van der Waals surface area contributed by atoms with Gasteiger partial charge in [0.15, 0.2) is 0 Å². The molecule has 0 radical (unpaired) electrons. The zero-order valence-electron chi connectivity index (χ0n) is 11.0. The lowest BCUT2D eigenvalue weighted by Crippen LogP contribution is -2.10. The highest BCUT2D eigenvalue weighted by Crippen LogP contribution is 2.26. The maximum Gasteiger partial charge on any atom is 0.229 e. The third-order valence-electron chi connectivity index (χ3n) is 2.38. The molecule has 1 aromatic carbocycles. The second-order valence-corrected chi connectivity index (χ2v) is 6.46. The largest absolute Gasteiger partial charge is 0.378 e. The molecule has 0 fully saturated rings. The molecular formula is C11H14ClN5O2S. The van der Waals surface area contributed by atoms with E-state index in [1.807, 2.05) is 0 Å². The first-order chi connectivity index (χ1) is 9.33. The Labute approximate surface area is 122 Å². The standard InChI is InChI=1S/C11H14ClN5O2S/c1-17-7-9(14-16-17)6-13-11-5-8(3-4-10(11)12)15-20(2,18)19/h3-5,7,13,15H,6H2,1-2H3. The number of hydrogen-bond acceptors (Lipinski definition) is 5. The molecule has 0 aliphatic carbocycles. The SMILES string of the molecule is Cn1cc(CNc2cc(NS(C)(=O)=O)ccc2Cl)nn1. The van der Waals surface area contributed by atoms with Crippen molar-refractivity contribution in [3.05, 3.63) is 35.1 Å². The summed E-state index contributed by atoms with van der Waals surface area (Å²) in [6, 6.07) is 4.84. The second-order valence-electron chi connectivity index (χ2n) is 4.31. The van der Waals surface area contributed by atoms with Crippen LogP contribution in [0.3, 0.4) is 0 Å². The molecule has 1 aromatic heterocycles. The average Bonchev–Trinajstić information content (AvgIpc) is 2.74. The normalized spacial score (nSPS) is 11.3. The minimum Gasteiger partial charge on any atom is -0.378 e. The Kier molecular flexibility index (Phi) is 4.15. The fourth-order valence-electron chi connectivity index (χ4n) is 1.60. The molecule has 0 saturated carbocycles. The van der Waals surface area contributed by atoms with Gasteiger partial charge in [-0.1, -0.05) is 16.8 Å². The number of aromatic nitrogens is 3. The highest BCUT2D eigenvalue weighted by molar-refractivity contribution is 7.92. The summed E-state index contributed by atoms with van der Waals surface area (Å²) in [5, 5.41) is 11.3. The van der Waals surface area contributed by atoms with Gasteiger partial charge in [0.25, 0.3) is 0 Å². The molecule has 0 bridgehead atoms. The Morgan fingerprint density at radius 3 is 2.75 bits per heavy atom. The molecule has 0 aliphatic heterocycles. The monoisotopic (exact) mass is 315 g/mol. The zero-order chi connectivity index (χ0) is 14.8. The Balaban J connectivity index is 2.12. The van der Waals surface area contributed by atoms with E-state index in [2.05, 4.69) is 20.4 Å². The molecule has 108 valence electrons. The van der Waals surface area contributed by atoms with Crippen LogP contribution in [0.4, 0.5) is 11.4 Å². The summed E-state index contributed by atoms with van der Waals surface area (Å²) >= 11 is 6.06. The summed E-state index contributed by atoms with van der Waals surface area (Å²) < 4.78 is 26.4. The van der Waals surface area contributed by atoms with Crippen molar-refractivity contribution in [2.24, 2.45) is 7.05 Å². The lowest BCUT2D eigenvalue weighted by Gasteiger charge is -2.10. The van der Waals surface area contributed by atoms with Gasteiger partial charge in [-0.25, -0.2) is 8.42 Å². The van der Waals surface area contributed by atoms with E-state index < -0.39 is 10.0 Å². The van der Waals surface area contributed by atoms with Gasteiger partial charge in [0.05, 0.1) is 29.2 Å². The fourth-order valence-corrected chi connectivity index (χ4v) is 2.34. The van der Waals surface area contributed by atoms with Crippen LogP contribution in [0.2, 0.25) is 5.02 Å². The average molecular weight is 316 g/mol. The van der Waals surface area contributed by atoms with E-state index in [-0.39, 0.29) is 0 Å². The first-order valence-corrected chi connectivity index (χ1v) is 7.97. The molecule has 9 heteroatoms. The quantitative estimate of drug-likeness (QED) is 0.872. The highest BCUT2D eigenvalue weighted by atomic mass is 35.5. The Bertz CT molecular complexity index is 713. The van der Waals surface area contributed by atoms with Gasteiger partial charge < -0.3 is 5.32 Å². The van der Waals surface area contributed by atoms with E-state index in [9.17, 15) is 8.42 Å². The van der Waals surface area contributed by atoms with Gasteiger partial charge in [-0.3, -0.25) is 9.40 Å². The lowest BCUT2D eigenvalue weighted by atomic mass is 10.3. The van der Waals surface area contributed by atoms with Gasteiger partial charge in [-0.15, -0.1) is 5.10 Å². The first kappa shape index (κ1) is 14.6. The summed E-state index contributed by atoms with van der Waals surface area (Å²) in [7, 11) is -1.54. The molecule has 2 N–H and O–H groups in total. The number of aryl methyl sites for hydroxylation is 1. The van der Waals surface area contributed by atoms with Crippen molar-refractivity contribution >= 4 is 33.0 Å². The number of halogens is 1. The topological polar surface area (TPSA) is 88.9 Å². The van der Waals surface area contributed by atoms with E-state index in [4.69, 9.17) is 11.6 Å². The number of nitrogens with one attached hydrogen (secondary N) is 2. The Hall–Kier alpha value is -1.80. The van der Waals surface area contributed by atoms with Crippen LogP contribution in [0, 0.1) is 0 Å². The van der Waals surface area contributed by atoms with Crippen LogP contribution in [0.15, 0.2) is 24.4 Å². The van der Waals surface area contributed by atoms with Gasteiger partial charge in [0, 0.05) is 13.2 Å². The second kappa shape index (κ2) is 5.68. The van der Waals surface area contributed by atoms with Gasteiger partial charge in [-0.2, -0.15) is 0 Å². The summed E-state index contributed by atoms with van der Waals surface area (Å²) in [6.07, 6.45) is 2.87. The molecule has 2 rings (SSSR count). The van der Waals surface area contributed by atoms with E-state index in [0.717, 1.165) is 11.9 Å². The number of hydrogen-bond donors (Lipinski definition) is 2. The van der Waals surface area contributed by atoms with Crippen molar-refractivity contribution < 1.29 is 8.42 Å². The Morgan fingerprint density at radius 1 is 1.40 bits per heavy atom. The van der Waals surface area contributed by atoms with Crippen molar-refractivity contribution in [3.63, 3.8) is 0 Å². The predicted molar refractivity (Wildman–Crippen MR) is 78.2 cm³/mol. The number of anilines is 2. The molecule has 0 spiro atoms. The molecule has 0 amide bonds. The third kappa shape index (κ3) is 4.10. The van der Waals surface area contributed by atoms with Crippen molar-refractivity contribution in [3.8, 4) is 0 Å². The maximum absolute atomic E-state index is 11.2. The van der Waals surface area contributed by atoms with Crippen LogP contribution in [0.25, 0.3) is 0 Å². The van der Waals surface area contributed by atoms with Gasteiger partial charge in [0.2, 0.25) is 10.0 Å². The van der Waals surface area contributed by atoms with Crippen molar-refractivity contribution in [2.45, 2.75) is 6.54 Å². The maximum atomic E-state index is 11.2. The van der Waals surface area contributed by atoms with Gasteiger partial charge >= 0.3 is 0 Å². The summed E-state index contributed by atoms with van der Waals surface area (Å²) in [4.78, 5) is 0. The van der Waals surface area contributed by atoms with E-state index in [1.165, 1.54) is 0 Å². The van der Waals surface area contributed by atoms with Crippen molar-refractivity contribution in [1.82, 2.24) is 15.0 Å². The number of rotatable bonds is 5. The molecule has 7 nitrogen and oxygen atoms in total. The first-order valence-electron chi connectivity index (χ1n) is 5.70. The molecule has 0 aliphatic rings. The molecule has 0 unspecified atom stereocenters. The summed E-state index contributed by atoms with van der Waals surface area (Å²) in [5.41, 5.74) is 1.81. The van der Waals surface area contributed by atoms with Gasteiger partial charge in [-0.05, 0) is 18.2 Å². The third-order valence-corrected chi connectivity index (χ3v) is 3.32. The molecular weight excluding hydrogens is 302 g/mol. The van der Waals surface area contributed by atoms with Crippen molar-refractivity contribution in [1.29, 1.82) is 0 Å². The van der Waals surface area contributed by atoms with E-state index in [1.54, 1.807) is 36.1 Å². The zero-order valence-corrected chi connectivity index (χ0v) is 12.5. The van der Waals surface area contributed by atoms with Crippen LogP contribution in [-0.4, -0.2) is 29.7 Å². The highest BCUT2D eigenvalue weighted by Gasteiger charge is 2.06. The number of nitrogens with zero attached hydrogens (tertiary/aromatic N) is 3. The van der Waals surface area contributed by atoms with E-state index in [0.29, 0.717) is 22.9 Å². The minimum atomic E-state index is -3.32. The molecule has 2 aromatic rings. The van der Waals surface area contributed by atoms with Crippen LogP contribution in [0.5, 0.6) is 0 Å². The van der Waals surface area contributed by atoms with Crippen LogP contribution in [-0.2, 0) is 23.6 Å². The molecule has 0 saturated heterocycles. The fraction of sp³-hybridized carbons (Fsp3) is 0.273. The van der Waals surface area contributed by atoms with E-state index >= 15 is 0 Å². The molecule has 0 atom stereocenters. The summed E-state index contributed by atoms with van der Waals surface area (Å²) in [5.74, 6) is 0. The van der Waals surface area contributed by atoms with Crippen LogP contribution >= 0.6 is 11.6 Å². The molecule has 20 heavy (non-hydrogen) atoms. The van der Waals surface area contributed by atoms with Crippen molar-refractivity contribution in [2.75, 3.05) is 16.3 Å². The smallest absolute Gasteiger partial charge is 0.229 e. The van der Waals surface area contributed by atoms with Gasteiger partial charge in [0.1, 0.15) is 5.69 Å². The summed E-state index contributed by atoms with van der Waals surface area (Å²) in [6.45, 7) is 0.440. The minimum absolute atomic E-state index is 0.440. The number of benzene rings is 1. The predicted octanol–water partition coefficient (Wildman–Crippen LogP) is 1.45. The Morgan fingerprint density at radius 2 is 2.15 bits per heavy atom. The van der Waals surface area contributed by atoms with Crippen LogP contribution in [0.1, 0.15) is 5.69 Å². The molecule has 1 heterocycles.